The lowest BCUT2D eigenvalue weighted by molar-refractivity contribution is 0.209. The second kappa shape index (κ2) is 5.14. The van der Waals surface area contributed by atoms with Crippen molar-refractivity contribution in [3.63, 3.8) is 0 Å². The molecule has 1 aliphatic carbocycles. The van der Waals surface area contributed by atoms with Crippen LogP contribution < -0.4 is 10.5 Å². The Morgan fingerprint density at radius 1 is 1.28 bits per heavy atom. The standard InChI is InChI=1S/C15H21NOS/c16-15(7-3-8-15)12-4-1-5-13(10-12)17-14-6-2-9-18-11-14/h1,4-5,10,14H,2-3,6-9,11,16H2. The van der Waals surface area contributed by atoms with Gasteiger partial charge in [0.05, 0.1) is 0 Å². The van der Waals surface area contributed by atoms with E-state index in [0.717, 1.165) is 24.3 Å². The van der Waals surface area contributed by atoms with Gasteiger partial charge < -0.3 is 10.5 Å². The van der Waals surface area contributed by atoms with E-state index in [4.69, 9.17) is 10.5 Å². The van der Waals surface area contributed by atoms with Gasteiger partial charge in [0.15, 0.2) is 0 Å². The Balaban J connectivity index is 1.70. The molecule has 2 fully saturated rings. The highest BCUT2D eigenvalue weighted by Gasteiger charge is 2.34. The molecule has 1 aromatic carbocycles. The van der Waals surface area contributed by atoms with Gasteiger partial charge in [-0.25, -0.2) is 0 Å². The van der Waals surface area contributed by atoms with Crippen molar-refractivity contribution in [1.29, 1.82) is 0 Å². The molecule has 1 heterocycles. The summed E-state index contributed by atoms with van der Waals surface area (Å²) in [5, 5.41) is 0. The molecule has 3 rings (SSSR count). The molecular weight excluding hydrogens is 242 g/mol. The summed E-state index contributed by atoms with van der Waals surface area (Å²) < 4.78 is 6.08. The van der Waals surface area contributed by atoms with Crippen molar-refractivity contribution in [2.24, 2.45) is 5.73 Å². The highest BCUT2D eigenvalue weighted by molar-refractivity contribution is 7.99. The zero-order chi connectivity index (χ0) is 12.4. The molecule has 18 heavy (non-hydrogen) atoms. The molecule has 0 amide bonds. The normalized spacial score (nSPS) is 26.4. The van der Waals surface area contributed by atoms with E-state index in [1.54, 1.807) is 0 Å². The Bertz CT molecular complexity index is 411. The first-order valence-electron chi connectivity index (χ1n) is 6.90. The molecule has 1 aromatic rings. The van der Waals surface area contributed by atoms with Crippen molar-refractivity contribution < 1.29 is 4.74 Å². The molecule has 1 saturated heterocycles. The first-order chi connectivity index (χ1) is 8.76. The Labute approximate surface area is 113 Å². The van der Waals surface area contributed by atoms with Crippen molar-refractivity contribution >= 4 is 11.8 Å². The van der Waals surface area contributed by atoms with Gasteiger partial charge in [0, 0.05) is 11.3 Å². The lowest BCUT2D eigenvalue weighted by Gasteiger charge is -2.38. The Morgan fingerprint density at radius 2 is 2.17 bits per heavy atom. The smallest absolute Gasteiger partial charge is 0.120 e. The van der Waals surface area contributed by atoms with Gasteiger partial charge >= 0.3 is 0 Å². The van der Waals surface area contributed by atoms with Gasteiger partial charge in [-0.3, -0.25) is 0 Å². The molecule has 1 atom stereocenters. The van der Waals surface area contributed by atoms with Crippen LogP contribution in [0.5, 0.6) is 5.75 Å². The van der Waals surface area contributed by atoms with Crippen molar-refractivity contribution in [3.8, 4) is 5.75 Å². The fourth-order valence-corrected chi connectivity index (χ4v) is 3.76. The fraction of sp³-hybridized carbons (Fsp3) is 0.600. The number of benzene rings is 1. The van der Waals surface area contributed by atoms with Crippen LogP contribution in [0, 0.1) is 0 Å². The van der Waals surface area contributed by atoms with Gasteiger partial charge in [-0.15, -0.1) is 0 Å². The summed E-state index contributed by atoms with van der Waals surface area (Å²) in [6.07, 6.45) is 6.31. The largest absolute Gasteiger partial charge is 0.490 e. The summed E-state index contributed by atoms with van der Waals surface area (Å²) in [5.74, 6) is 3.40. The van der Waals surface area contributed by atoms with Crippen LogP contribution in [0.2, 0.25) is 0 Å². The fourth-order valence-electron chi connectivity index (χ4n) is 2.72. The van der Waals surface area contributed by atoms with E-state index in [0.29, 0.717) is 6.10 Å². The third kappa shape index (κ3) is 2.52. The van der Waals surface area contributed by atoms with Gasteiger partial charge in [0.25, 0.3) is 0 Å². The molecule has 2 N–H and O–H groups in total. The summed E-state index contributed by atoms with van der Waals surface area (Å²) in [7, 11) is 0. The summed E-state index contributed by atoms with van der Waals surface area (Å²) in [6, 6.07) is 8.43. The van der Waals surface area contributed by atoms with E-state index < -0.39 is 0 Å². The maximum atomic E-state index is 6.37. The summed E-state index contributed by atoms with van der Waals surface area (Å²) in [4.78, 5) is 0. The maximum Gasteiger partial charge on any atom is 0.120 e. The molecule has 2 aliphatic rings. The summed E-state index contributed by atoms with van der Waals surface area (Å²) in [5.41, 5.74) is 7.53. The third-order valence-electron chi connectivity index (χ3n) is 4.08. The van der Waals surface area contributed by atoms with Gasteiger partial charge in [-0.05, 0) is 55.6 Å². The third-order valence-corrected chi connectivity index (χ3v) is 5.26. The van der Waals surface area contributed by atoms with E-state index in [2.05, 4.69) is 24.3 Å². The van der Waals surface area contributed by atoms with E-state index in [-0.39, 0.29) is 5.54 Å². The number of hydrogen-bond donors (Lipinski definition) is 1. The Morgan fingerprint density at radius 3 is 2.83 bits per heavy atom. The minimum absolute atomic E-state index is 0.0827. The monoisotopic (exact) mass is 263 g/mol. The zero-order valence-electron chi connectivity index (χ0n) is 10.7. The lowest BCUT2D eigenvalue weighted by Crippen LogP contribution is -2.43. The molecule has 3 heteroatoms. The number of thioether (sulfide) groups is 1. The molecule has 1 aliphatic heterocycles. The number of rotatable bonds is 3. The molecule has 0 aromatic heterocycles. The van der Waals surface area contributed by atoms with Crippen LogP contribution >= 0.6 is 11.8 Å². The lowest BCUT2D eigenvalue weighted by atomic mass is 9.73. The van der Waals surface area contributed by atoms with Crippen LogP contribution in [0.15, 0.2) is 24.3 Å². The van der Waals surface area contributed by atoms with E-state index >= 15 is 0 Å². The van der Waals surface area contributed by atoms with E-state index in [1.165, 1.54) is 30.6 Å². The second-order valence-corrected chi connectivity index (χ2v) is 6.64. The average molecular weight is 263 g/mol. The van der Waals surface area contributed by atoms with Crippen LogP contribution in [0.3, 0.4) is 0 Å². The quantitative estimate of drug-likeness (QED) is 0.909. The highest BCUT2D eigenvalue weighted by atomic mass is 32.2. The van der Waals surface area contributed by atoms with Crippen molar-refractivity contribution in [1.82, 2.24) is 0 Å². The van der Waals surface area contributed by atoms with Gasteiger partial charge in [0.1, 0.15) is 11.9 Å². The minimum atomic E-state index is -0.0827. The first-order valence-corrected chi connectivity index (χ1v) is 8.06. The van der Waals surface area contributed by atoms with Crippen LogP contribution in [0.4, 0.5) is 0 Å². The first kappa shape index (κ1) is 12.4. The SMILES string of the molecule is NC1(c2cccc(OC3CCCSC3)c2)CCC1. The topological polar surface area (TPSA) is 35.2 Å². The summed E-state index contributed by atoms with van der Waals surface area (Å²) >= 11 is 2.00. The molecule has 1 saturated carbocycles. The number of ether oxygens (including phenoxy) is 1. The van der Waals surface area contributed by atoms with Crippen LogP contribution in [-0.2, 0) is 5.54 Å². The molecule has 0 bridgehead atoms. The highest BCUT2D eigenvalue weighted by Crippen LogP contribution is 2.39. The Kier molecular flexibility index (Phi) is 3.53. The zero-order valence-corrected chi connectivity index (χ0v) is 11.5. The molecule has 98 valence electrons. The average Bonchev–Trinajstić information content (AvgIpc) is 2.37. The van der Waals surface area contributed by atoms with E-state index in [1.807, 2.05) is 11.8 Å². The van der Waals surface area contributed by atoms with Gasteiger partial charge in [-0.2, -0.15) is 11.8 Å². The maximum absolute atomic E-state index is 6.37. The van der Waals surface area contributed by atoms with Crippen LogP contribution in [0.25, 0.3) is 0 Å². The van der Waals surface area contributed by atoms with Crippen molar-refractivity contribution in [3.05, 3.63) is 29.8 Å². The molecule has 0 spiro atoms. The van der Waals surface area contributed by atoms with Crippen molar-refractivity contribution in [2.75, 3.05) is 11.5 Å². The summed E-state index contributed by atoms with van der Waals surface area (Å²) in [6.45, 7) is 0. The molecule has 2 nitrogen and oxygen atoms in total. The van der Waals surface area contributed by atoms with Crippen LogP contribution in [0.1, 0.15) is 37.7 Å². The molecule has 1 unspecified atom stereocenters. The predicted molar refractivity (Wildman–Crippen MR) is 77.1 cm³/mol. The number of hydrogen-bond acceptors (Lipinski definition) is 3. The predicted octanol–water partition coefficient (Wildman–Crippen LogP) is 3.30. The second-order valence-electron chi connectivity index (χ2n) is 5.49. The molecular formula is C15H21NOS. The van der Waals surface area contributed by atoms with Crippen molar-refractivity contribution in [2.45, 2.75) is 43.7 Å². The van der Waals surface area contributed by atoms with Crippen LogP contribution in [-0.4, -0.2) is 17.6 Å². The van der Waals surface area contributed by atoms with Gasteiger partial charge in [-0.1, -0.05) is 12.1 Å². The van der Waals surface area contributed by atoms with E-state index in [9.17, 15) is 0 Å². The molecule has 0 radical (unpaired) electrons. The Hall–Kier alpha value is -0.670. The number of nitrogens with two attached hydrogens (primary N) is 1. The minimum Gasteiger partial charge on any atom is -0.490 e. The van der Waals surface area contributed by atoms with Gasteiger partial charge in [0.2, 0.25) is 0 Å².